The van der Waals surface area contributed by atoms with Gasteiger partial charge in [0.15, 0.2) is 0 Å². The van der Waals surface area contributed by atoms with E-state index in [0.29, 0.717) is 11.3 Å². The summed E-state index contributed by atoms with van der Waals surface area (Å²) in [5.74, 6) is -0.298. The van der Waals surface area contributed by atoms with Gasteiger partial charge in [-0.1, -0.05) is 12.1 Å². The SMILES string of the molecule is N#Cc1ccccc1NC(=O)[C@H]1C[C@@H](F)CN1. The van der Waals surface area contributed by atoms with Crippen molar-refractivity contribution in [1.82, 2.24) is 5.32 Å². The monoisotopic (exact) mass is 233 g/mol. The molecule has 0 aromatic heterocycles. The first-order valence-electron chi connectivity index (χ1n) is 5.38. The Hall–Kier alpha value is -1.93. The Balaban J connectivity index is 2.06. The average Bonchev–Trinajstić information content (AvgIpc) is 2.77. The van der Waals surface area contributed by atoms with Crippen LogP contribution in [0.15, 0.2) is 24.3 Å². The van der Waals surface area contributed by atoms with Crippen LogP contribution in [0.5, 0.6) is 0 Å². The Morgan fingerprint density at radius 2 is 2.29 bits per heavy atom. The van der Waals surface area contributed by atoms with Crippen molar-refractivity contribution in [2.75, 3.05) is 11.9 Å². The Morgan fingerprint density at radius 3 is 2.94 bits per heavy atom. The van der Waals surface area contributed by atoms with E-state index in [9.17, 15) is 9.18 Å². The molecular weight excluding hydrogens is 221 g/mol. The predicted molar refractivity (Wildman–Crippen MR) is 61.1 cm³/mol. The molecule has 17 heavy (non-hydrogen) atoms. The van der Waals surface area contributed by atoms with Crippen molar-refractivity contribution in [2.45, 2.75) is 18.6 Å². The molecule has 5 heteroatoms. The first-order valence-corrected chi connectivity index (χ1v) is 5.38. The molecule has 88 valence electrons. The molecule has 1 aliphatic heterocycles. The lowest BCUT2D eigenvalue weighted by Crippen LogP contribution is -2.35. The van der Waals surface area contributed by atoms with Crippen molar-refractivity contribution in [3.05, 3.63) is 29.8 Å². The van der Waals surface area contributed by atoms with E-state index in [2.05, 4.69) is 10.6 Å². The van der Waals surface area contributed by atoms with Gasteiger partial charge in [0.2, 0.25) is 5.91 Å². The van der Waals surface area contributed by atoms with Crippen LogP contribution in [-0.4, -0.2) is 24.7 Å². The number of alkyl halides is 1. The number of carbonyl (C=O) groups is 1. The molecule has 1 aliphatic rings. The molecule has 1 amide bonds. The fourth-order valence-electron chi connectivity index (χ4n) is 1.80. The number of anilines is 1. The highest BCUT2D eigenvalue weighted by Gasteiger charge is 2.29. The minimum atomic E-state index is -0.975. The van der Waals surface area contributed by atoms with E-state index in [1.165, 1.54) is 0 Å². The molecule has 0 aliphatic carbocycles. The van der Waals surface area contributed by atoms with Crippen molar-refractivity contribution >= 4 is 11.6 Å². The third kappa shape index (κ3) is 2.60. The van der Waals surface area contributed by atoms with Crippen molar-refractivity contribution in [3.63, 3.8) is 0 Å². The van der Waals surface area contributed by atoms with Crippen LogP contribution < -0.4 is 10.6 Å². The molecule has 0 bridgehead atoms. The molecule has 2 N–H and O–H groups in total. The van der Waals surface area contributed by atoms with Gasteiger partial charge < -0.3 is 10.6 Å². The van der Waals surface area contributed by atoms with E-state index in [1.807, 2.05) is 6.07 Å². The standard InChI is InChI=1S/C12H12FN3O/c13-9-5-11(15-7-9)12(17)16-10-4-2-1-3-8(10)6-14/h1-4,9,11,15H,5,7H2,(H,16,17)/t9-,11-/m1/s1. The molecule has 2 rings (SSSR count). The number of rotatable bonds is 2. The van der Waals surface area contributed by atoms with Crippen LogP contribution in [0.25, 0.3) is 0 Å². The lowest BCUT2D eigenvalue weighted by atomic mass is 10.1. The van der Waals surface area contributed by atoms with E-state index in [-0.39, 0.29) is 18.9 Å². The fraction of sp³-hybridized carbons (Fsp3) is 0.333. The van der Waals surface area contributed by atoms with Crippen LogP contribution in [-0.2, 0) is 4.79 Å². The summed E-state index contributed by atoms with van der Waals surface area (Å²) in [5.41, 5.74) is 0.861. The summed E-state index contributed by atoms with van der Waals surface area (Å²) in [6, 6.07) is 8.20. The Morgan fingerprint density at radius 1 is 1.53 bits per heavy atom. The second kappa shape index (κ2) is 4.93. The Kier molecular flexibility index (Phi) is 3.35. The van der Waals surface area contributed by atoms with Gasteiger partial charge in [0, 0.05) is 13.0 Å². The minimum absolute atomic E-state index is 0.181. The van der Waals surface area contributed by atoms with Crippen LogP contribution in [0.3, 0.4) is 0 Å². The minimum Gasteiger partial charge on any atom is -0.324 e. The third-order valence-electron chi connectivity index (χ3n) is 2.70. The van der Waals surface area contributed by atoms with E-state index >= 15 is 0 Å². The van der Waals surface area contributed by atoms with Crippen LogP contribution in [0.4, 0.5) is 10.1 Å². The number of para-hydroxylation sites is 1. The van der Waals surface area contributed by atoms with Crippen molar-refractivity contribution in [2.24, 2.45) is 0 Å². The molecule has 0 unspecified atom stereocenters. The molecule has 1 heterocycles. The van der Waals surface area contributed by atoms with Crippen molar-refractivity contribution in [1.29, 1.82) is 5.26 Å². The van der Waals surface area contributed by atoms with Gasteiger partial charge >= 0.3 is 0 Å². The normalized spacial score (nSPS) is 23.1. The molecule has 0 radical (unpaired) electrons. The lowest BCUT2D eigenvalue weighted by molar-refractivity contribution is -0.117. The van der Waals surface area contributed by atoms with E-state index in [1.54, 1.807) is 24.3 Å². The number of hydrogen-bond acceptors (Lipinski definition) is 3. The number of nitrogens with one attached hydrogen (secondary N) is 2. The molecule has 4 nitrogen and oxygen atoms in total. The van der Waals surface area contributed by atoms with Gasteiger partial charge in [0.05, 0.1) is 17.3 Å². The second-order valence-electron chi connectivity index (χ2n) is 3.94. The molecule has 1 aromatic carbocycles. The molecule has 1 saturated heterocycles. The smallest absolute Gasteiger partial charge is 0.241 e. The summed E-state index contributed by atoms with van der Waals surface area (Å²) in [6.45, 7) is 0.206. The van der Waals surface area contributed by atoms with Crippen LogP contribution >= 0.6 is 0 Å². The fourth-order valence-corrected chi connectivity index (χ4v) is 1.80. The summed E-state index contributed by atoms with van der Waals surface area (Å²) in [7, 11) is 0. The zero-order chi connectivity index (χ0) is 12.3. The zero-order valence-corrected chi connectivity index (χ0v) is 9.11. The van der Waals surface area contributed by atoms with Crippen LogP contribution in [0, 0.1) is 11.3 Å². The van der Waals surface area contributed by atoms with E-state index in [0.717, 1.165) is 0 Å². The van der Waals surface area contributed by atoms with Gasteiger partial charge in [-0.2, -0.15) is 5.26 Å². The second-order valence-corrected chi connectivity index (χ2v) is 3.94. The summed E-state index contributed by atoms with van der Waals surface area (Å²) in [6.07, 6.45) is -0.794. The quantitative estimate of drug-likeness (QED) is 0.806. The van der Waals surface area contributed by atoms with Gasteiger partial charge in [-0.3, -0.25) is 4.79 Å². The highest BCUT2D eigenvalue weighted by atomic mass is 19.1. The molecular formula is C12H12FN3O. The number of benzene rings is 1. The van der Waals surface area contributed by atoms with Gasteiger partial charge in [-0.25, -0.2) is 4.39 Å². The van der Waals surface area contributed by atoms with Gasteiger partial charge in [-0.05, 0) is 12.1 Å². The number of halogens is 1. The number of carbonyl (C=O) groups excluding carboxylic acids is 1. The third-order valence-corrected chi connectivity index (χ3v) is 2.70. The summed E-state index contributed by atoms with van der Waals surface area (Å²) in [5, 5.41) is 14.3. The topological polar surface area (TPSA) is 64.9 Å². The first kappa shape index (κ1) is 11.6. The lowest BCUT2D eigenvalue weighted by Gasteiger charge is -2.11. The molecule has 0 spiro atoms. The predicted octanol–water partition coefficient (Wildman–Crippen LogP) is 1.20. The Bertz CT molecular complexity index is 469. The maximum atomic E-state index is 12.9. The van der Waals surface area contributed by atoms with Gasteiger partial charge in [0.1, 0.15) is 12.2 Å². The van der Waals surface area contributed by atoms with Crippen molar-refractivity contribution < 1.29 is 9.18 Å². The summed E-state index contributed by atoms with van der Waals surface area (Å²) in [4.78, 5) is 11.8. The molecule has 1 aromatic rings. The van der Waals surface area contributed by atoms with Crippen molar-refractivity contribution in [3.8, 4) is 6.07 Å². The molecule has 0 saturated carbocycles. The van der Waals surface area contributed by atoms with Gasteiger partial charge in [-0.15, -0.1) is 0 Å². The molecule has 2 atom stereocenters. The highest BCUT2D eigenvalue weighted by molar-refractivity contribution is 5.96. The first-order chi connectivity index (χ1) is 8.20. The summed E-state index contributed by atoms with van der Waals surface area (Å²) < 4.78 is 12.9. The maximum Gasteiger partial charge on any atom is 0.241 e. The van der Waals surface area contributed by atoms with E-state index < -0.39 is 12.2 Å². The maximum absolute atomic E-state index is 12.9. The number of amides is 1. The van der Waals surface area contributed by atoms with E-state index in [4.69, 9.17) is 5.26 Å². The zero-order valence-electron chi connectivity index (χ0n) is 9.11. The number of hydrogen-bond donors (Lipinski definition) is 2. The highest BCUT2D eigenvalue weighted by Crippen LogP contribution is 2.16. The summed E-state index contributed by atoms with van der Waals surface area (Å²) >= 11 is 0. The Labute approximate surface area is 98.4 Å². The average molecular weight is 233 g/mol. The number of nitrogens with zero attached hydrogens (tertiary/aromatic N) is 1. The molecule has 1 fully saturated rings. The largest absolute Gasteiger partial charge is 0.324 e. The van der Waals surface area contributed by atoms with Gasteiger partial charge in [0.25, 0.3) is 0 Å². The number of nitriles is 1. The van der Waals surface area contributed by atoms with Crippen LogP contribution in [0.2, 0.25) is 0 Å². The van der Waals surface area contributed by atoms with Crippen LogP contribution in [0.1, 0.15) is 12.0 Å².